The molecular weight excluding hydrogens is 295 g/mol. The zero-order valence-electron chi connectivity index (χ0n) is 4.44. The molecule has 0 bridgehead atoms. The van der Waals surface area contributed by atoms with Crippen LogP contribution in [0.25, 0.3) is 0 Å². The normalized spacial score (nSPS) is 17.5. The number of hydrogen-bond donors (Lipinski definition) is 1. The van der Waals surface area contributed by atoms with Crippen molar-refractivity contribution in [2.45, 2.75) is 12.8 Å². The Morgan fingerprint density at radius 1 is 1.12 bits per heavy atom. The molecule has 4 heteroatoms. The Morgan fingerprint density at radius 3 is 1.62 bits per heavy atom. The molecule has 38 valence electrons. The quantitative estimate of drug-likeness (QED) is 0.481. The first-order valence-electron chi connectivity index (χ1n) is 2.12. The Kier molecular flexibility index (Phi) is 3.20. The van der Waals surface area contributed by atoms with E-state index in [9.17, 15) is 9.59 Å². The second-order valence-corrected chi connectivity index (χ2v) is 1.47. The Balaban J connectivity index is 0.000000490. The molecule has 8 heavy (non-hydrogen) atoms. The van der Waals surface area contributed by atoms with Gasteiger partial charge in [-0.2, -0.15) is 0 Å². The molecule has 1 aliphatic rings. The van der Waals surface area contributed by atoms with Crippen molar-refractivity contribution in [3.8, 4) is 0 Å². The van der Waals surface area contributed by atoms with Crippen LogP contribution in [0, 0.1) is 0 Å². The smallest absolute Gasteiger partial charge is 0.296 e. The molecule has 0 radical (unpaired) electrons. The molecule has 1 aliphatic heterocycles. The average Bonchev–Trinajstić information content (AvgIpc) is 1.87. The third-order valence-electron chi connectivity index (χ3n) is 0.858. The summed E-state index contributed by atoms with van der Waals surface area (Å²) in [6.45, 7) is 0. The van der Waals surface area contributed by atoms with E-state index in [1.165, 1.54) is 0 Å². The van der Waals surface area contributed by atoms with Gasteiger partial charge in [-0.15, -0.1) is 0 Å². The molecular formula is C4H5HgNO2+2. The van der Waals surface area contributed by atoms with E-state index in [4.69, 9.17) is 0 Å². The van der Waals surface area contributed by atoms with E-state index in [1.807, 2.05) is 0 Å². The van der Waals surface area contributed by atoms with Gasteiger partial charge in [0.15, 0.2) is 0 Å². The summed E-state index contributed by atoms with van der Waals surface area (Å²) in [5.74, 6) is -0.296. The zero-order chi connectivity index (χ0) is 5.28. The van der Waals surface area contributed by atoms with Crippen LogP contribution in [-0.2, 0) is 37.3 Å². The molecule has 1 fully saturated rings. The molecule has 0 aromatic heterocycles. The van der Waals surface area contributed by atoms with Crippen LogP contribution in [0.15, 0.2) is 0 Å². The van der Waals surface area contributed by atoms with Crippen LogP contribution in [0.2, 0.25) is 0 Å². The number of nitrogens with one attached hydrogen (secondary N) is 1. The predicted octanol–water partition coefficient (Wildman–Crippen LogP) is -0.579. The standard InChI is InChI=1S/C4H5NO2.Hg/c6-3-1-2-4(7)5-3;/h1-2H2,(H,5,6,7);/q;+2. The average molecular weight is 300 g/mol. The summed E-state index contributed by atoms with van der Waals surface area (Å²) < 4.78 is 0. The number of amides is 2. The largest absolute Gasteiger partial charge is 2.00 e. The second kappa shape index (κ2) is 3.17. The molecule has 1 N–H and O–H groups in total. The maximum Gasteiger partial charge on any atom is 2.00 e. The van der Waals surface area contributed by atoms with Crippen molar-refractivity contribution in [1.29, 1.82) is 0 Å². The fraction of sp³-hybridized carbons (Fsp3) is 0.500. The van der Waals surface area contributed by atoms with E-state index in [-0.39, 0.29) is 39.5 Å². The van der Waals surface area contributed by atoms with Crippen LogP contribution < -0.4 is 5.32 Å². The molecule has 0 aromatic carbocycles. The van der Waals surface area contributed by atoms with E-state index in [0.717, 1.165) is 0 Å². The van der Waals surface area contributed by atoms with Gasteiger partial charge in [-0.05, 0) is 0 Å². The first-order chi connectivity index (χ1) is 3.29. The first kappa shape index (κ1) is 8.08. The molecule has 0 unspecified atom stereocenters. The fourth-order valence-electron chi connectivity index (χ4n) is 0.508. The van der Waals surface area contributed by atoms with Gasteiger partial charge in [-0.3, -0.25) is 14.9 Å². The Bertz CT molecular complexity index is 109. The molecule has 1 heterocycles. The minimum atomic E-state index is -0.148. The van der Waals surface area contributed by atoms with Gasteiger partial charge in [0.1, 0.15) is 0 Å². The maximum atomic E-state index is 10.1. The van der Waals surface area contributed by atoms with E-state index < -0.39 is 0 Å². The van der Waals surface area contributed by atoms with Crippen molar-refractivity contribution in [3.63, 3.8) is 0 Å². The third-order valence-corrected chi connectivity index (χ3v) is 0.858. The monoisotopic (exact) mass is 301 g/mol. The summed E-state index contributed by atoms with van der Waals surface area (Å²) in [4.78, 5) is 20.2. The SMILES string of the molecule is O=C1CCC(=O)N1.[Hg+2]. The van der Waals surface area contributed by atoms with Crippen LogP contribution in [0.1, 0.15) is 12.8 Å². The van der Waals surface area contributed by atoms with Crippen LogP contribution in [0.3, 0.4) is 0 Å². The van der Waals surface area contributed by atoms with Gasteiger partial charge in [0.25, 0.3) is 0 Å². The van der Waals surface area contributed by atoms with Gasteiger partial charge < -0.3 is 0 Å². The minimum absolute atomic E-state index is 0. The molecule has 0 atom stereocenters. The molecule has 2 amide bonds. The molecule has 0 aromatic rings. The van der Waals surface area contributed by atoms with Gasteiger partial charge in [0.2, 0.25) is 11.8 Å². The van der Waals surface area contributed by atoms with E-state index in [0.29, 0.717) is 12.8 Å². The van der Waals surface area contributed by atoms with Crippen molar-refractivity contribution in [3.05, 3.63) is 0 Å². The topological polar surface area (TPSA) is 46.2 Å². The Hall–Kier alpha value is 0.0751. The van der Waals surface area contributed by atoms with Gasteiger partial charge in [0, 0.05) is 12.8 Å². The van der Waals surface area contributed by atoms with E-state index in [1.54, 1.807) is 0 Å². The first-order valence-corrected chi connectivity index (χ1v) is 2.12. The predicted molar refractivity (Wildman–Crippen MR) is 22.4 cm³/mol. The van der Waals surface area contributed by atoms with Gasteiger partial charge >= 0.3 is 27.7 Å². The summed E-state index contributed by atoms with van der Waals surface area (Å²) in [7, 11) is 0. The minimum Gasteiger partial charge on any atom is -0.296 e. The summed E-state index contributed by atoms with van der Waals surface area (Å²) in [5.41, 5.74) is 0. The van der Waals surface area contributed by atoms with Crippen LogP contribution in [0.5, 0.6) is 0 Å². The number of carbonyl (C=O) groups excluding carboxylic acids is 2. The summed E-state index contributed by atoms with van der Waals surface area (Å²) in [6, 6.07) is 0. The van der Waals surface area contributed by atoms with Crippen LogP contribution >= 0.6 is 0 Å². The third kappa shape index (κ3) is 1.90. The number of hydrogen-bond acceptors (Lipinski definition) is 2. The number of carbonyl (C=O) groups is 2. The molecule has 0 aliphatic carbocycles. The summed E-state index contributed by atoms with van der Waals surface area (Å²) >= 11 is 0. The van der Waals surface area contributed by atoms with Crippen molar-refractivity contribution >= 4 is 11.8 Å². The maximum absolute atomic E-state index is 10.1. The Labute approximate surface area is 67.3 Å². The fourth-order valence-corrected chi connectivity index (χ4v) is 0.508. The molecule has 1 saturated heterocycles. The molecule has 3 nitrogen and oxygen atoms in total. The molecule has 0 spiro atoms. The van der Waals surface area contributed by atoms with Gasteiger partial charge in [-0.1, -0.05) is 0 Å². The van der Waals surface area contributed by atoms with Crippen molar-refractivity contribution in [2.24, 2.45) is 0 Å². The molecule has 1 rings (SSSR count). The van der Waals surface area contributed by atoms with Crippen LogP contribution in [0.4, 0.5) is 0 Å². The van der Waals surface area contributed by atoms with Crippen molar-refractivity contribution < 1.29 is 37.3 Å². The number of rotatable bonds is 0. The van der Waals surface area contributed by atoms with Crippen molar-refractivity contribution in [1.82, 2.24) is 5.32 Å². The van der Waals surface area contributed by atoms with Gasteiger partial charge in [-0.25, -0.2) is 0 Å². The summed E-state index contributed by atoms with van der Waals surface area (Å²) in [5, 5.41) is 2.14. The molecule has 0 saturated carbocycles. The zero-order valence-corrected chi connectivity index (χ0v) is 9.94. The van der Waals surface area contributed by atoms with Gasteiger partial charge in [0.05, 0.1) is 0 Å². The summed E-state index contributed by atoms with van der Waals surface area (Å²) in [6.07, 6.45) is 0.748. The Morgan fingerprint density at radius 2 is 1.50 bits per heavy atom. The van der Waals surface area contributed by atoms with E-state index in [2.05, 4.69) is 5.32 Å². The van der Waals surface area contributed by atoms with Crippen LogP contribution in [-0.4, -0.2) is 11.8 Å². The number of imide groups is 1. The van der Waals surface area contributed by atoms with E-state index >= 15 is 0 Å². The van der Waals surface area contributed by atoms with Crippen molar-refractivity contribution in [2.75, 3.05) is 0 Å². The second-order valence-electron chi connectivity index (χ2n) is 1.47.